The molecule has 130 valence electrons. The van der Waals surface area contributed by atoms with Crippen molar-refractivity contribution < 1.29 is 4.39 Å². The van der Waals surface area contributed by atoms with Gasteiger partial charge >= 0.3 is 0 Å². The van der Waals surface area contributed by atoms with Gasteiger partial charge in [-0.1, -0.05) is 0 Å². The maximum Gasteiger partial charge on any atom is 0.123 e. The molecule has 0 amide bonds. The van der Waals surface area contributed by atoms with Gasteiger partial charge in [0.2, 0.25) is 0 Å². The lowest BCUT2D eigenvalue weighted by molar-refractivity contribution is 0.193. The number of halogens is 2. The van der Waals surface area contributed by atoms with E-state index in [1.54, 1.807) is 12.1 Å². The van der Waals surface area contributed by atoms with Gasteiger partial charge in [0.25, 0.3) is 0 Å². The SMILES string of the molecule is Cl.Fc1ccc(-n2nccc2CN2CCC3(CCNCC3)C2)cc1. The lowest BCUT2D eigenvalue weighted by atomic mass is 9.78. The third-order valence-corrected chi connectivity index (χ3v) is 5.36. The van der Waals surface area contributed by atoms with Crippen LogP contribution in [0.15, 0.2) is 36.5 Å². The van der Waals surface area contributed by atoms with Crippen LogP contribution in [-0.2, 0) is 6.54 Å². The van der Waals surface area contributed by atoms with E-state index < -0.39 is 0 Å². The number of hydrogen-bond donors (Lipinski definition) is 1. The Morgan fingerprint density at radius 2 is 1.83 bits per heavy atom. The molecule has 24 heavy (non-hydrogen) atoms. The number of nitrogens with zero attached hydrogens (tertiary/aromatic N) is 3. The average Bonchev–Trinajstić information content (AvgIpc) is 3.17. The van der Waals surface area contributed by atoms with Gasteiger partial charge in [0.1, 0.15) is 5.82 Å². The van der Waals surface area contributed by atoms with Crippen LogP contribution in [0.1, 0.15) is 25.0 Å². The summed E-state index contributed by atoms with van der Waals surface area (Å²) in [5, 5.41) is 7.89. The summed E-state index contributed by atoms with van der Waals surface area (Å²) in [4.78, 5) is 2.54. The Hall–Kier alpha value is -1.43. The van der Waals surface area contributed by atoms with Crippen molar-refractivity contribution in [1.82, 2.24) is 20.0 Å². The molecule has 0 atom stereocenters. The van der Waals surface area contributed by atoms with E-state index in [0.29, 0.717) is 5.41 Å². The average molecular weight is 351 g/mol. The summed E-state index contributed by atoms with van der Waals surface area (Å²) in [5.41, 5.74) is 2.61. The third-order valence-electron chi connectivity index (χ3n) is 5.36. The Morgan fingerprint density at radius 3 is 2.58 bits per heavy atom. The summed E-state index contributed by atoms with van der Waals surface area (Å²) in [6.07, 6.45) is 5.72. The second-order valence-electron chi connectivity index (χ2n) is 6.92. The number of benzene rings is 1. The molecule has 0 saturated carbocycles. The van der Waals surface area contributed by atoms with E-state index >= 15 is 0 Å². The predicted molar refractivity (Wildman–Crippen MR) is 95.2 cm³/mol. The molecule has 2 aliphatic heterocycles. The minimum absolute atomic E-state index is 0. The van der Waals surface area contributed by atoms with Crippen LogP contribution < -0.4 is 5.32 Å². The van der Waals surface area contributed by atoms with Crippen LogP contribution in [0.2, 0.25) is 0 Å². The molecule has 1 aromatic carbocycles. The van der Waals surface area contributed by atoms with Crippen molar-refractivity contribution in [3.8, 4) is 5.69 Å². The van der Waals surface area contributed by atoms with E-state index in [-0.39, 0.29) is 18.2 Å². The Balaban J connectivity index is 0.00000169. The summed E-state index contributed by atoms with van der Waals surface area (Å²) in [5.74, 6) is -0.213. The highest BCUT2D eigenvalue weighted by atomic mass is 35.5. The van der Waals surface area contributed by atoms with Gasteiger partial charge in [-0.05, 0) is 74.6 Å². The highest BCUT2D eigenvalue weighted by Crippen LogP contribution is 2.39. The zero-order valence-corrected chi connectivity index (χ0v) is 14.6. The Labute approximate surface area is 148 Å². The standard InChI is InChI=1S/C18H23FN4.ClH/c19-15-1-3-16(4-2-15)23-17(5-9-21-23)13-22-12-8-18(14-22)6-10-20-11-7-18;/h1-5,9,20H,6-8,10-14H2;1H. The van der Waals surface area contributed by atoms with Crippen LogP contribution in [-0.4, -0.2) is 40.9 Å². The quantitative estimate of drug-likeness (QED) is 0.923. The second kappa shape index (κ2) is 7.21. The molecule has 6 heteroatoms. The van der Waals surface area contributed by atoms with E-state index in [0.717, 1.165) is 31.9 Å². The highest BCUT2D eigenvalue weighted by molar-refractivity contribution is 5.85. The molecule has 0 bridgehead atoms. The summed E-state index contributed by atoms with van der Waals surface area (Å²) >= 11 is 0. The summed E-state index contributed by atoms with van der Waals surface area (Å²) in [6.45, 7) is 5.56. The number of rotatable bonds is 3. The van der Waals surface area contributed by atoms with Crippen molar-refractivity contribution in [3.63, 3.8) is 0 Å². The number of nitrogens with one attached hydrogen (secondary N) is 1. The van der Waals surface area contributed by atoms with Gasteiger partial charge in [0.05, 0.1) is 11.4 Å². The first kappa shape index (κ1) is 17.4. The van der Waals surface area contributed by atoms with Crippen LogP contribution in [0.25, 0.3) is 5.69 Å². The van der Waals surface area contributed by atoms with Crippen LogP contribution in [0.5, 0.6) is 0 Å². The molecule has 1 N–H and O–H groups in total. The molecular weight excluding hydrogens is 327 g/mol. The molecule has 2 saturated heterocycles. The lowest BCUT2D eigenvalue weighted by Crippen LogP contribution is -2.38. The Kier molecular flexibility index (Phi) is 5.23. The van der Waals surface area contributed by atoms with Crippen molar-refractivity contribution in [1.29, 1.82) is 0 Å². The van der Waals surface area contributed by atoms with Crippen molar-refractivity contribution >= 4 is 12.4 Å². The van der Waals surface area contributed by atoms with Crippen LogP contribution in [0, 0.1) is 11.2 Å². The molecule has 1 aromatic heterocycles. The van der Waals surface area contributed by atoms with Gasteiger partial charge in [-0.2, -0.15) is 5.10 Å². The van der Waals surface area contributed by atoms with Crippen molar-refractivity contribution in [2.75, 3.05) is 26.2 Å². The first-order valence-electron chi connectivity index (χ1n) is 8.46. The minimum Gasteiger partial charge on any atom is -0.317 e. The molecule has 3 heterocycles. The largest absolute Gasteiger partial charge is 0.317 e. The van der Waals surface area contributed by atoms with Gasteiger partial charge in [0, 0.05) is 19.3 Å². The van der Waals surface area contributed by atoms with E-state index in [4.69, 9.17) is 0 Å². The minimum atomic E-state index is -0.213. The van der Waals surface area contributed by atoms with Crippen LogP contribution in [0.4, 0.5) is 4.39 Å². The van der Waals surface area contributed by atoms with E-state index in [1.807, 2.05) is 10.9 Å². The van der Waals surface area contributed by atoms with Gasteiger partial charge in [-0.3, -0.25) is 4.90 Å². The monoisotopic (exact) mass is 350 g/mol. The van der Waals surface area contributed by atoms with Crippen LogP contribution >= 0.6 is 12.4 Å². The second-order valence-corrected chi connectivity index (χ2v) is 6.92. The summed E-state index contributed by atoms with van der Waals surface area (Å²) in [6, 6.07) is 8.60. The highest BCUT2D eigenvalue weighted by Gasteiger charge is 2.38. The number of likely N-dealkylation sites (tertiary alicyclic amines) is 1. The number of piperidine rings is 1. The topological polar surface area (TPSA) is 33.1 Å². The predicted octanol–water partition coefficient (Wildman–Crippen LogP) is 3.01. The summed E-state index contributed by atoms with van der Waals surface area (Å²) < 4.78 is 15.0. The maximum atomic E-state index is 13.1. The zero-order valence-electron chi connectivity index (χ0n) is 13.7. The van der Waals surface area contributed by atoms with Gasteiger partial charge < -0.3 is 5.32 Å². The molecule has 0 aliphatic carbocycles. The normalized spacial score (nSPS) is 20.2. The molecule has 4 rings (SSSR count). The van der Waals surface area contributed by atoms with E-state index in [2.05, 4.69) is 21.4 Å². The van der Waals surface area contributed by atoms with Crippen molar-refractivity contribution in [3.05, 3.63) is 48.0 Å². The number of aromatic nitrogens is 2. The van der Waals surface area contributed by atoms with E-state index in [1.165, 1.54) is 43.6 Å². The Morgan fingerprint density at radius 1 is 1.08 bits per heavy atom. The first-order chi connectivity index (χ1) is 11.2. The molecule has 0 radical (unpaired) electrons. The fraction of sp³-hybridized carbons (Fsp3) is 0.500. The van der Waals surface area contributed by atoms with Gasteiger partial charge in [0.15, 0.2) is 0 Å². The van der Waals surface area contributed by atoms with E-state index in [9.17, 15) is 4.39 Å². The van der Waals surface area contributed by atoms with Gasteiger partial charge in [-0.15, -0.1) is 12.4 Å². The molecule has 1 spiro atoms. The maximum absolute atomic E-state index is 13.1. The zero-order chi connectivity index (χ0) is 15.7. The third kappa shape index (κ3) is 3.48. The molecule has 2 aromatic rings. The smallest absolute Gasteiger partial charge is 0.123 e. The van der Waals surface area contributed by atoms with Crippen LogP contribution in [0.3, 0.4) is 0 Å². The molecular formula is C18H24ClFN4. The lowest BCUT2D eigenvalue weighted by Gasteiger charge is -2.33. The molecule has 2 fully saturated rings. The number of hydrogen-bond acceptors (Lipinski definition) is 3. The molecule has 4 nitrogen and oxygen atoms in total. The van der Waals surface area contributed by atoms with Crippen molar-refractivity contribution in [2.45, 2.75) is 25.8 Å². The molecule has 0 unspecified atom stereocenters. The van der Waals surface area contributed by atoms with Gasteiger partial charge in [-0.25, -0.2) is 9.07 Å². The summed E-state index contributed by atoms with van der Waals surface area (Å²) in [7, 11) is 0. The fourth-order valence-electron chi connectivity index (χ4n) is 4.02. The Bertz CT molecular complexity index is 664. The molecule has 2 aliphatic rings. The fourth-order valence-corrected chi connectivity index (χ4v) is 4.02. The first-order valence-corrected chi connectivity index (χ1v) is 8.46. The van der Waals surface area contributed by atoms with Crippen molar-refractivity contribution in [2.24, 2.45) is 5.41 Å².